The van der Waals surface area contributed by atoms with Crippen LogP contribution in [0, 0.1) is 0 Å². The second kappa shape index (κ2) is 4.97. The largest absolute Gasteiger partial charge is 0.322 e. The molecule has 0 aliphatic rings. The molecule has 0 fully saturated rings. The normalized spacial score (nSPS) is 15.6. The van der Waals surface area contributed by atoms with E-state index in [-0.39, 0.29) is 5.54 Å². The molecular weight excluding hydrogens is 170 g/mol. The molecule has 1 aromatic rings. The first-order chi connectivity index (χ1) is 6.70. The summed E-state index contributed by atoms with van der Waals surface area (Å²) in [4.78, 5) is 0. The number of rotatable bonds is 4. The number of benzene rings is 1. The van der Waals surface area contributed by atoms with E-state index >= 15 is 0 Å². The second-order valence-electron chi connectivity index (χ2n) is 3.75. The Morgan fingerprint density at radius 3 is 2.43 bits per heavy atom. The molecule has 0 heterocycles. The lowest BCUT2D eigenvalue weighted by Gasteiger charge is -2.24. The van der Waals surface area contributed by atoms with E-state index in [0.29, 0.717) is 0 Å². The molecule has 2 N–H and O–H groups in total. The fourth-order valence-electron chi connectivity index (χ4n) is 1.61. The highest BCUT2D eigenvalue weighted by molar-refractivity contribution is 5.20. The van der Waals surface area contributed by atoms with Crippen LogP contribution in [0.3, 0.4) is 0 Å². The summed E-state index contributed by atoms with van der Waals surface area (Å²) in [6.45, 7) is 4.14. The Labute approximate surface area is 86.6 Å². The maximum atomic E-state index is 6.25. The van der Waals surface area contributed by atoms with Gasteiger partial charge in [0.25, 0.3) is 0 Å². The van der Waals surface area contributed by atoms with Gasteiger partial charge < -0.3 is 5.73 Å². The van der Waals surface area contributed by atoms with E-state index in [1.165, 1.54) is 5.56 Å². The van der Waals surface area contributed by atoms with Gasteiger partial charge in [0.2, 0.25) is 0 Å². The molecule has 1 nitrogen and oxygen atoms in total. The molecule has 0 saturated heterocycles. The Bertz CT molecular complexity index is 289. The van der Waals surface area contributed by atoms with Crippen LogP contribution >= 0.6 is 0 Å². The monoisotopic (exact) mass is 189 g/mol. The predicted molar refractivity (Wildman–Crippen MR) is 62.2 cm³/mol. The highest BCUT2D eigenvalue weighted by Crippen LogP contribution is 2.16. The molecule has 1 unspecified atom stereocenters. The maximum Gasteiger partial charge on any atom is 0.0377 e. The Balaban J connectivity index is 2.75. The summed E-state index contributed by atoms with van der Waals surface area (Å²) >= 11 is 0. The van der Waals surface area contributed by atoms with Crippen molar-refractivity contribution in [2.75, 3.05) is 0 Å². The van der Waals surface area contributed by atoms with Crippen LogP contribution in [0.1, 0.15) is 25.8 Å². The van der Waals surface area contributed by atoms with E-state index in [4.69, 9.17) is 5.73 Å². The molecule has 0 aliphatic heterocycles. The lowest BCUT2D eigenvalue weighted by molar-refractivity contribution is 0.506. The zero-order valence-corrected chi connectivity index (χ0v) is 9.03. The van der Waals surface area contributed by atoms with Gasteiger partial charge >= 0.3 is 0 Å². The zero-order valence-electron chi connectivity index (χ0n) is 9.03. The third-order valence-corrected chi connectivity index (χ3v) is 2.53. The van der Waals surface area contributed by atoms with Gasteiger partial charge in [-0.2, -0.15) is 0 Å². The molecule has 0 radical (unpaired) electrons. The maximum absolute atomic E-state index is 6.25. The topological polar surface area (TPSA) is 26.0 Å². The summed E-state index contributed by atoms with van der Waals surface area (Å²) < 4.78 is 0. The van der Waals surface area contributed by atoms with Gasteiger partial charge in [-0.25, -0.2) is 0 Å². The number of allylic oxidation sites excluding steroid dienone is 1. The quantitative estimate of drug-likeness (QED) is 0.724. The highest BCUT2D eigenvalue weighted by atomic mass is 14.7. The SMILES string of the molecule is CC=CC(N)(CC)Cc1ccccc1. The Morgan fingerprint density at radius 2 is 1.93 bits per heavy atom. The summed E-state index contributed by atoms with van der Waals surface area (Å²) in [5.74, 6) is 0. The first kappa shape index (κ1) is 11.0. The van der Waals surface area contributed by atoms with Crippen molar-refractivity contribution >= 4 is 0 Å². The molecule has 76 valence electrons. The van der Waals surface area contributed by atoms with Crippen LogP contribution in [0.4, 0.5) is 0 Å². The molecule has 0 aliphatic carbocycles. The molecule has 1 atom stereocenters. The fourth-order valence-corrected chi connectivity index (χ4v) is 1.61. The van der Waals surface area contributed by atoms with Crippen molar-refractivity contribution < 1.29 is 0 Å². The van der Waals surface area contributed by atoms with Gasteiger partial charge in [0.1, 0.15) is 0 Å². The smallest absolute Gasteiger partial charge is 0.0377 e. The lowest BCUT2D eigenvalue weighted by Crippen LogP contribution is -2.39. The minimum atomic E-state index is -0.184. The number of hydrogen-bond donors (Lipinski definition) is 1. The Morgan fingerprint density at radius 1 is 1.29 bits per heavy atom. The Hall–Kier alpha value is -1.08. The second-order valence-corrected chi connectivity index (χ2v) is 3.75. The van der Waals surface area contributed by atoms with Crippen molar-refractivity contribution in [3.8, 4) is 0 Å². The summed E-state index contributed by atoms with van der Waals surface area (Å²) in [6.07, 6.45) is 6.01. The molecule has 0 spiro atoms. The van der Waals surface area contributed by atoms with E-state index in [1.807, 2.05) is 19.1 Å². The minimum Gasteiger partial charge on any atom is -0.322 e. The first-order valence-corrected chi connectivity index (χ1v) is 5.17. The third-order valence-electron chi connectivity index (χ3n) is 2.53. The van der Waals surface area contributed by atoms with Crippen LogP contribution in [-0.4, -0.2) is 5.54 Å². The molecule has 0 amide bonds. The average molecular weight is 189 g/mol. The van der Waals surface area contributed by atoms with Crippen molar-refractivity contribution in [3.63, 3.8) is 0 Å². The summed E-state index contributed by atoms with van der Waals surface area (Å²) in [6, 6.07) is 10.4. The van der Waals surface area contributed by atoms with E-state index in [1.54, 1.807) is 0 Å². The molecule has 1 aromatic carbocycles. The molecular formula is C13H19N. The average Bonchev–Trinajstić information content (AvgIpc) is 2.20. The van der Waals surface area contributed by atoms with E-state index in [9.17, 15) is 0 Å². The third kappa shape index (κ3) is 3.00. The van der Waals surface area contributed by atoms with Crippen LogP contribution in [0.15, 0.2) is 42.5 Å². The summed E-state index contributed by atoms with van der Waals surface area (Å²) in [5, 5.41) is 0. The molecule has 14 heavy (non-hydrogen) atoms. The van der Waals surface area contributed by atoms with Crippen molar-refractivity contribution in [2.24, 2.45) is 5.73 Å². The van der Waals surface area contributed by atoms with Crippen LogP contribution in [-0.2, 0) is 6.42 Å². The van der Waals surface area contributed by atoms with Crippen molar-refractivity contribution in [2.45, 2.75) is 32.2 Å². The summed E-state index contributed by atoms with van der Waals surface area (Å²) in [5.41, 5.74) is 7.37. The highest BCUT2D eigenvalue weighted by Gasteiger charge is 2.18. The molecule has 0 bridgehead atoms. The lowest BCUT2D eigenvalue weighted by atomic mass is 9.89. The number of nitrogens with two attached hydrogens (primary N) is 1. The van der Waals surface area contributed by atoms with Gasteiger partial charge in [0.05, 0.1) is 0 Å². The molecule has 0 aromatic heterocycles. The first-order valence-electron chi connectivity index (χ1n) is 5.17. The van der Waals surface area contributed by atoms with Gasteiger partial charge in [-0.05, 0) is 25.3 Å². The molecule has 1 heteroatoms. The van der Waals surface area contributed by atoms with Gasteiger partial charge in [-0.1, -0.05) is 49.4 Å². The van der Waals surface area contributed by atoms with Crippen LogP contribution < -0.4 is 5.73 Å². The van der Waals surface area contributed by atoms with Gasteiger partial charge in [-0.15, -0.1) is 0 Å². The van der Waals surface area contributed by atoms with Crippen LogP contribution in [0.2, 0.25) is 0 Å². The standard InChI is InChI=1S/C13H19N/c1-3-10-13(14,4-2)11-12-8-6-5-7-9-12/h3,5-10H,4,11,14H2,1-2H3. The van der Waals surface area contributed by atoms with Crippen LogP contribution in [0.25, 0.3) is 0 Å². The number of hydrogen-bond acceptors (Lipinski definition) is 1. The van der Waals surface area contributed by atoms with Crippen molar-refractivity contribution in [1.82, 2.24) is 0 Å². The minimum absolute atomic E-state index is 0.184. The van der Waals surface area contributed by atoms with E-state index < -0.39 is 0 Å². The summed E-state index contributed by atoms with van der Waals surface area (Å²) in [7, 11) is 0. The van der Waals surface area contributed by atoms with E-state index in [2.05, 4.69) is 37.3 Å². The van der Waals surface area contributed by atoms with Crippen LogP contribution in [0.5, 0.6) is 0 Å². The fraction of sp³-hybridized carbons (Fsp3) is 0.385. The Kier molecular flexibility index (Phi) is 3.90. The molecule has 0 saturated carbocycles. The van der Waals surface area contributed by atoms with Crippen molar-refractivity contribution in [3.05, 3.63) is 48.0 Å². The molecule has 1 rings (SSSR count). The van der Waals surface area contributed by atoms with Gasteiger partial charge in [-0.3, -0.25) is 0 Å². The zero-order chi connectivity index (χ0) is 10.4. The van der Waals surface area contributed by atoms with Gasteiger partial charge in [0.15, 0.2) is 0 Å². The van der Waals surface area contributed by atoms with Gasteiger partial charge in [0, 0.05) is 5.54 Å². The van der Waals surface area contributed by atoms with E-state index in [0.717, 1.165) is 12.8 Å². The predicted octanol–water partition coefficient (Wildman–Crippen LogP) is 2.91. The van der Waals surface area contributed by atoms with Crippen molar-refractivity contribution in [1.29, 1.82) is 0 Å².